The quantitative estimate of drug-likeness (QED) is 0.499. The van der Waals surface area contributed by atoms with Crippen LogP contribution in [0.3, 0.4) is 0 Å². The SMILES string of the molecule is CCNC(=NCC(C)c1ccsc1)NCCS(=O)(=O)N1CC(C)OC(C)C1. The van der Waals surface area contributed by atoms with E-state index in [1.54, 1.807) is 11.3 Å². The maximum atomic E-state index is 12.6. The van der Waals surface area contributed by atoms with Crippen molar-refractivity contribution in [3.05, 3.63) is 22.4 Å². The minimum Gasteiger partial charge on any atom is -0.373 e. The summed E-state index contributed by atoms with van der Waals surface area (Å²) >= 11 is 1.68. The van der Waals surface area contributed by atoms with Crippen molar-refractivity contribution in [1.29, 1.82) is 0 Å². The molecule has 3 unspecified atom stereocenters. The van der Waals surface area contributed by atoms with E-state index in [9.17, 15) is 8.42 Å². The van der Waals surface area contributed by atoms with Gasteiger partial charge in [0, 0.05) is 38.6 Å². The lowest BCUT2D eigenvalue weighted by molar-refractivity contribution is -0.0440. The van der Waals surface area contributed by atoms with Crippen LogP contribution in [-0.4, -0.2) is 69.4 Å². The number of sulfonamides is 1. The third-order valence-electron chi connectivity index (χ3n) is 4.41. The van der Waals surface area contributed by atoms with Crippen molar-refractivity contribution in [2.45, 2.75) is 45.8 Å². The summed E-state index contributed by atoms with van der Waals surface area (Å²) < 4.78 is 32.4. The molecule has 0 radical (unpaired) electrons. The average molecular weight is 417 g/mol. The van der Waals surface area contributed by atoms with E-state index in [1.165, 1.54) is 9.87 Å². The zero-order chi connectivity index (χ0) is 19.9. The molecule has 27 heavy (non-hydrogen) atoms. The molecular formula is C18H32N4O3S2. The molecule has 0 saturated carbocycles. The molecule has 0 aromatic carbocycles. The van der Waals surface area contributed by atoms with Crippen LogP contribution in [0.2, 0.25) is 0 Å². The molecule has 0 amide bonds. The van der Waals surface area contributed by atoms with E-state index in [1.807, 2.05) is 20.8 Å². The minimum atomic E-state index is -3.32. The number of guanidine groups is 1. The van der Waals surface area contributed by atoms with Crippen molar-refractivity contribution in [1.82, 2.24) is 14.9 Å². The van der Waals surface area contributed by atoms with E-state index in [-0.39, 0.29) is 18.0 Å². The van der Waals surface area contributed by atoms with Crippen LogP contribution in [0.25, 0.3) is 0 Å². The maximum absolute atomic E-state index is 12.6. The summed E-state index contributed by atoms with van der Waals surface area (Å²) in [7, 11) is -3.32. The Labute approximate surface area is 167 Å². The Morgan fingerprint density at radius 1 is 1.37 bits per heavy atom. The molecule has 7 nitrogen and oxygen atoms in total. The van der Waals surface area contributed by atoms with E-state index in [2.05, 4.69) is 39.4 Å². The van der Waals surface area contributed by atoms with E-state index in [4.69, 9.17) is 4.74 Å². The number of thiophene rings is 1. The fourth-order valence-corrected chi connectivity index (χ4v) is 5.29. The van der Waals surface area contributed by atoms with Gasteiger partial charge in [-0.2, -0.15) is 15.6 Å². The molecule has 2 rings (SSSR count). The number of hydrogen-bond donors (Lipinski definition) is 2. The van der Waals surface area contributed by atoms with Gasteiger partial charge < -0.3 is 15.4 Å². The van der Waals surface area contributed by atoms with Gasteiger partial charge in [0.25, 0.3) is 0 Å². The Morgan fingerprint density at radius 2 is 2.07 bits per heavy atom. The fraction of sp³-hybridized carbons (Fsp3) is 0.722. The van der Waals surface area contributed by atoms with Crippen LogP contribution in [0, 0.1) is 0 Å². The first-order valence-corrected chi connectivity index (χ1v) is 12.0. The van der Waals surface area contributed by atoms with E-state index in [0.717, 1.165) is 6.54 Å². The lowest BCUT2D eigenvalue weighted by atomic mass is 10.1. The molecule has 1 aliphatic rings. The molecular weight excluding hydrogens is 384 g/mol. The summed E-state index contributed by atoms with van der Waals surface area (Å²) in [4.78, 5) is 4.60. The highest BCUT2D eigenvalue weighted by atomic mass is 32.2. The van der Waals surface area contributed by atoms with Gasteiger partial charge in [0.15, 0.2) is 5.96 Å². The predicted molar refractivity (Wildman–Crippen MR) is 112 cm³/mol. The molecule has 1 aromatic heterocycles. The second-order valence-corrected chi connectivity index (χ2v) is 9.86. The number of hydrogen-bond acceptors (Lipinski definition) is 5. The van der Waals surface area contributed by atoms with Gasteiger partial charge in [0.1, 0.15) is 0 Å². The molecule has 1 aromatic rings. The van der Waals surface area contributed by atoms with Crippen LogP contribution < -0.4 is 10.6 Å². The zero-order valence-corrected chi connectivity index (χ0v) is 18.3. The third-order valence-corrected chi connectivity index (χ3v) is 6.92. The van der Waals surface area contributed by atoms with E-state index < -0.39 is 10.0 Å². The van der Waals surface area contributed by atoms with Crippen molar-refractivity contribution in [3.63, 3.8) is 0 Å². The van der Waals surface area contributed by atoms with Crippen molar-refractivity contribution >= 4 is 27.3 Å². The molecule has 3 atom stereocenters. The second-order valence-electron chi connectivity index (χ2n) is 6.99. The van der Waals surface area contributed by atoms with Gasteiger partial charge in [-0.05, 0) is 43.2 Å². The average Bonchev–Trinajstić information content (AvgIpc) is 3.13. The van der Waals surface area contributed by atoms with Gasteiger partial charge >= 0.3 is 0 Å². The molecule has 2 heterocycles. The molecule has 0 aliphatic carbocycles. The van der Waals surface area contributed by atoms with Gasteiger partial charge in [0.2, 0.25) is 10.0 Å². The smallest absolute Gasteiger partial charge is 0.216 e. The Bertz CT molecular complexity index is 681. The Morgan fingerprint density at radius 3 is 2.67 bits per heavy atom. The molecule has 154 valence electrons. The lowest BCUT2D eigenvalue weighted by Crippen LogP contribution is -2.50. The maximum Gasteiger partial charge on any atom is 0.216 e. The van der Waals surface area contributed by atoms with Gasteiger partial charge in [-0.3, -0.25) is 4.99 Å². The molecule has 0 bridgehead atoms. The number of morpholine rings is 1. The molecule has 1 fully saturated rings. The van der Waals surface area contributed by atoms with Crippen LogP contribution in [0.15, 0.2) is 21.8 Å². The predicted octanol–water partition coefficient (Wildman–Crippen LogP) is 1.85. The van der Waals surface area contributed by atoms with Crippen molar-refractivity contribution in [2.75, 3.05) is 38.5 Å². The first-order valence-electron chi connectivity index (χ1n) is 9.49. The number of aliphatic imine (C=N–C) groups is 1. The number of rotatable bonds is 8. The van der Waals surface area contributed by atoms with Gasteiger partial charge in [-0.25, -0.2) is 8.42 Å². The molecule has 2 N–H and O–H groups in total. The Hall–Kier alpha value is -1.16. The molecule has 1 saturated heterocycles. The second kappa shape index (κ2) is 10.4. The minimum absolute atomic E-state index is 0.0386. The van der Waals surface area contributed by atoms with Gasteiger partial charge in [-0.15, -0.1) is 0 Å². The van der Waals surface area contributed by atoms with Gasteiger partial charge in [-0.1, -0.05) is 6.92 Å². The summed E-state index contributed by atoms with van der Waals surface area (Å²) in [6.07, 6.45) is -0.150. The summed E-state index contributed by atoms with van der Waals surface area (Å²) in [5.74, 6) is 1.02. The van der Waals surface area contributed by atoms with Crippen LogP contribution in [-0.2, 0) is 14.8 Å². The number of nitrogens with zero attached hydrogens (tertiary/aromatic N) is 2. The monoisotopic (exact) mass is 416 g/mol. The van der Waals surface area contributed by atoms with Crippen LogP contribution in [0.5, 0.6) is 0 Å². The van der Waals surface area contributed by atoms with E-state index in [0.29, 0.717) is 38.1 Å². The highest BCUT2D eigenvalue weighted by molar-refractivity contribution is 7.89. The largest absolute Gasteiger partial charge is 0.373 e. The normalized spacial score (nSPS) is 23.2. The Kier molecular flexibility index (Phi) is 8.53. The van der Waals surface area contributed by atoms with Crippen molar-refractivity contribution < 1.29 is 13.2 Å². The van der Waals surface area contributed by atoms with Crippen LogP contribution in [0.4, 0.5) is 0 Å². The summed E-state index contributed by atoms with van der Waals surface area (Å²) in [5.41, 5.74) is 1.28. The van der Waals surface area contributed by atoms with Crippen molar-refractivity contribution in [3.8, 4) is 0 Å². The van der Waals surface area contributed by atoms with Gasteiger partial charge in [0.05, 0.1) is 18.0 Å². The topological polar surface area (TPSA) is 83.0 Å². The third kappa shape index (κ3) is 7.06. The first kappa shape index (κ1) is 22.1. The van der Waals surface area contributed by atoms with Crippen LogP contribution in [0.1, 0.15) is 39.2 Å². The molecule has 9 heteroatoms. The molecule has 1 aliphatic heterocycles. The Balaban J connectivity index is 1.86. The summed E-state index contributed by atoms with van der Waals surface area (Å²) in [6, 6.07) is 2.11. The van der Waals surface area contributed by atoms with Crippen LogP contribution >= 0.6 is 11.3 Å². The fourth-order valence-electron chi connectivity index (χ4n) is 3.02. The number of nitrogens with one attached hydrogen (secondary N) is 2. The van der Waals surface area contributed by atoms with Crippen molar-refractivity contribution in [2.24, 2.45) is 4.99 Å². The highest BCUT2D eigenvalue weighted by Gasteiger charge is 2.30. The zero-order valence-electron chi connectivity index (χ0n) is 16.6. The summed E-state index contributed by atoms with van der Waals surface area (Å²) in [6.45, 7) is 10.5. The van der Waals surface area contributed by atoms with E-state index >= 15 is 0 Å². The summed E-state index contributed by atoms with van der Waals surface area (Å²) in [5, 5.41) is 10.5. The first-order chi connectivity index (χ1) is 12.8. The lowest BCUT2D eigenvalue weighted by Gasteiger charge is -2.34. The highest BCUT2D eigenvalue weighted by Crippen LogP contribution is 2.18. The number of ether oxygens (including phenoxy) is 1. The standard InChI is InChI=1S/C18H32N4O3S2/c1-5-19-18(21-10-14(2)17-6-8-26-13-17)20-7-9-27(23,24)22-11-15(3)25-16(4)12-22/h6,8,13-16H,5,7,9-12H2,1-4H3,(H2,19,20,21). The molecule has 0 spiro atoms.